The predicted octanol–water partition coefficient (Wildman–Crippen LogP) is 1.93. The summed E-state index contributed by atoms with van der Waals surface area (Å²) in [5.74, 6) is -0.517. The first kappa shape index (κ1) is 13.9. The molecule has 0 fully saturated rings. The molecule has 0 atom stereocenters. The molecule has 0 aliphatic rings. The van der Waals surface area contributed by atoms with Crippen LogP contribution in [0.15, 0.2) is 47.3 Å². The van der Waals surface area contributed by atoms with Gasteiger partial charge in [0, 0.05) is 11.8 Å². The Balaban J connectivity index is 2.01. The molecule has 0 bridgehead atoms. The minimum absolute atomic E-state index is 0.0760. The summed E-state index contributed by atoms with van der Waals surface area (Å²) in [6, 6.07) is 11.3. The van der Waals surface area contributed by atoms with Crippen LogP contribution in [0.3, 0.4) is 0 Å². The van der Waals surface area contributed by atoms with Crippen LogP contribution in [0.2, 0.25) is 0 Å². The van der Waals surface area contributed by atoms with Crippen molar-refractivity contribution < 1.29 is 14.6 Å². The van der Waals surface area contributed by atoms with E-state index in [1.54, 1.807) is 22.8 Å². The zero-order valence-electron chi connectivity index (χ0n) is 11.1. The van der Waals surface area contributed by atoms with Gasteiger partial charge >= 0.3 is 5.97 Å². The average Bonchev–Trinajstić information content (AvgIpc) is 2.42. The SMILES string of the molecule is Cc1cccc(=O)n1CCOc1cccc(C(=O)O)c1. The minimum atomic E-state index is -0.995. The second kappa shape index (κ2) is 6.06. The molecular weight excluding hydrogens is 258 g/mol. The van der Waals surface area contributed by atoms with E-state index >= 15 is 0 Å². The molecule has 5 heteroatoms. The first-order valence-corrected chi connectivity index (χ1v) is 6.20. The third-order valence-electron chi connectivity index (χ3n) is 2.93. The number of ether oxygens (including phenoxy) is 1. The number of carboxylic acid groups (broad SMARTS) is 1. The van der Waals surface area contributed by atoms with E-state index in [1.165, 1.54) is 18.2 Å². The maximum Gasteiger partial charge on any atom is 0.335 e. The number of pyridine rings is 1. The van der Waals surface area contributed by atoms with Crippen LogP contribution in [-0.2, 0) is 6.54 Å². The number of nitrogens with zero attached hydrogens (tertiary/aromatic N) is 1. The van der Waals surface area contributed by atoms with Gasteiger partial charge in [0.2, 0.25) is 0 Å². The van der Waals surface area contributed by atoms with Gasteiger partial charge in [-0.1, -0.05) is 12.1 Å². The number of aromatic nitrogens is 1. The quantitative estimate of drug-likeness (QED) is 0.903. The third kappa shape index (κ3) is 3.26. The number of hydrogen-bond acceptors (Lipinski definition) is 3. The van der Waals surface area contributed by atoms with Gasteiger partial charge in [-0.05, 0) is 31.2 Å². The fourth-order valence-electron chi connectivity index (χ4n) is 1.88. The lowest BCUT2D eigenvalue weighted by Crippen LogP contribution is -2.24. The van der Waals surface area contributed by atoms with Gasteiger partial charge in [0.1, 0.15) is 12.4 Å². The Hall–Kier alpha value is -2.56. The average molecular weight is 273 g/mol. The molecule has 2 rings (SSSR count). The van der Waals surface area contributed by atoms with Crippen LogP contribution in [-0.4, -0.2) is 22.2 Å². The largest absolute Gasteiger partial charge is 0.492 e. The summed E-state index contributed by atoms with van der Waals surface area (Å²) in [7, 11) is 0. The standard InChI is InChI=1S/C15H15NO4/c1-11-4-2-7-14(17)16(11)8-9-20-13-6-3-5-12(10-13)15(18)19/h2-7,10H,8-9H2,1H3,(H,18,19). The van der Waals surface area contributed by atoms with E-state index < -0.39 is 5.97 Å². The predicted molar refractivity (Wildman–Crippen MR) is 74.3 cm³/mol. The summed E-state index contributed by atoms with van der Waals surface area (Å²) in [5, 5.41) is 8.88. The number of benzene rings is 1. The van der Waals surface area contributed by atoms with Gasteiger partial charge in [-0.15, -0.1) is 0 Å². The van der Waals surface area contributed by atoms with E-state index in [0.717, 1.165) is 5.69 Å². The molecule has 0 aliphatic heterocycles. The highest BCUT2D eigenvalue weighted by Gasteiger charge is 2.04. The van der Waals surface area contributed by atoms with Crippen LogP contribution >= 0.6 is 0 Å². The molecule has 2 aromatic rings. The smallest absolute Gasteiger partial charge is 0.335 e. The van der Waals surface area contributed by atoms with Crippen LogP contribution in [0.5, 0.6) is 5.75 Å². The highest BCUT2D eigenvalue weighted by Crippen LogP contribution is 2.13. The van der Waals surface area contributed by atoms with Crippen LogP contribution < -0.4 is 10.3 Å². The van der Waals surface area contributed by atoms with Crippen molar-refractivity contribution in [1.29, 1.82) is 0 Å². The lowest BCUT2D eigenvalue weighted by Gasteiger charge is -2.11. The molecule has 0 amide bonds. The number of hydrogen-bond donors (Lipinski definition) is 1. The second-order valence-corrected chi connectivity index (χ2v) is 4.34. The zero-order valence-corrected chi connectivity index (χ0v) is 11.1. The molecule has 0 saturated carbocycles. The summed E-state index contributed by atoms with van der Waals surface area (Å²) >= 11 is 0. The first-order chi connectivity index (χ1) is 9.58. The molecular formula is C15H15NO4. The van der Waals surface area contributed by atoms with E-state index in [0.29, 0.717) is 18.9 Å². The lowest BCUT2D eigenvalue weighted by molar-refractivity contribution is 0.0696. The second-order valence-electron chi connectivity index (χ2n) is 4.34. The molecule has 0 radical (unpaired) electrons. The van der Waals surface area contributed by atoms with Crippen molar-refractivity contribution in [3.63, 3.8) is 0 Å². The highest BCUT2D eigenvalue weighted by molar-refractivity contribution is 5.87. The molecule has 0 saturated heterocycles. The van der Waals surface area contributed by atoms with E-state index in [-0.39, 0.29) is 11.1 Å². The molecule has 1 heterocycles. The molecule has 20 heavy (non-hydrogen) atoms. The van der Waals surface area contributed by atoms with Crippen molar-refractivity contribution >= 4 is 5.97 Å². The van der Waals surface area contributed by atoms with Crippen LogP contribution in [0.1, 0.15) is 16.1 Å². The number of carbonyl (C=O) groups is 1. The fourth-order valence-corrected chi connectivity index (χ4v) is 1.88. The van der Waals surface area contributed by atoms with E-state index in [1.807, 2.05) is 13.0 Å². The molecule has 0 aliphatic carbocycles. The monoisotopic (exact) mass is 273 g/mol. The van der Waals surface area contributed by atoms with Crippen molar-refractivity contribution in [2.24, 2.45) is 0 Å². The molecule has 1 N–H and O–H groups in total. The minimum Gasteiger partial charge on any atom is -0.492 e. The van der Waals surface area contributed by atoms with Crippen molar-refractivity contribution in [2.45, 2.75) is 13.5 Å². The number of carboxylic acids is 1. The molecule has 1 aromatic heterocycles. The van der Waals surface area contributed by atoms with Crippen molar-refractivity contribution in [3.05, 3.63) is 64.1 Å². The van der Waals surface area contributed by atoms with Crippen LogP contribution in [0.25, 0.3) is 0 Å². The lowest BCUT2D eigenvalue weighted by atomic mass is 10.2. The van der Waals surface area contributed by atoms with Gasteiger partial charge in [0.15, 0.2) is 0 Å². The Labute approximate surface area is 116 Å². The summed E-state index contributed by atoms with van der Waals surface area (Å²) in [4.78, 5) is 22.5. The van der Waals surface area contributed by atoms with E-state index in [4.69, 9.17) is 9.84 Å². The number of aryl methyl sites for hydroxylation is 1. The molecule has 1 aromatic carbocycles. The Kier molecular flexibility index (Phi) is 4.20. The normalized spacial score (nSPS) is 10.2. The number of aromatic carboxylic acids is 1. The summed E-state index contributed by atoms with van der Waals surface area (Å²) in [6.45, 7) is 2.57. The zero-order chi connectivity index (χ0) is 14.5. The van der Waals surface area contributed by atoms with Crippen LogP contribution in [0.4, 0.5) is 0 Å². The number of rotatable bonds is 5. The molecule has 104 valence electrons. The maximum atomic E-state index is 11.7. The van der Waals surface area contributed by atoms with Gasteiger partial charge in [-0.3, -0.25) is 4.79 Å². The van der Waals surface area contributed by atoms with Gasteiger partial charge in [-0.25, -0.2) is 4.79 Å². The van der Waals surface area contributed by atoms with Gasteiger partial charge in [-0.2, -0.15) is 0 Å². The van der Waals surface area contributed by atoms with E-state index in [9.17, 15) is 9.59 Å². The van der Waals surface area contributed by atoms with Crippen molar-refractivity contribution in [2.75, 3.05) is 6.61 Å². The summed E-state index contributed by atoms with van der Waals surface area (Å²) in [6.07, 6.45) is 0. The molecule has 0 spiro atoms. The highest BCUT2D eigenvalue weighted by atomic mass is 16.5. The van der Waals surface area contributed by atoms with Gasteiger partial charge in [0.05, 0.1) is 12.1 Å². The fraction of sp³-hybridized carbons (Fsp3) is 0.200. The summed E-state index contributed by atoms with van der Waals surface area (Å²) in [5.41, 5.74) is 0.962. The van der Waals surface area contributed by atoms with Gasteiger partial charge in [0.25, 0.3) is 5.56 Å². The topological polar surface area (TPSA) is 68.5 Å². The third-order valence-corrected chi connectivity index (χ3v) is 2.93. The molecule has 0 unspecified atom stereocenters. The van der Waals surface area contributed by atoms with Gasteiger partial charge < -0.3 is 14.4 Å². The van der Waals surface area contributed by atoms with E-state index in [2.05, 4.69) is 0 Å². The van der Waals surface area contributed by atoms with Crippen molar-refractivity contribution in [3.8, 4) is 5.75 Å². The Bertz CT molecular complexity index is 676. The maximum absolute atomic E-state index is 11.7. The molecule has 5 nitrogen and oxygen atoms in total. The Morgan fingerprint density at radius 3 is 2.70 bits per heavy atom. The Morgan fingerprint density at radius 1 is 1.25 bits per heavy atom. The summed E-state index contributed by atoms with van der Waals surface area (Å²) < 4.78 is 7.10. The first-order valence-electron chi connectivity index (χ1n) is 6.20. The van der Waals surface area contributed by atoms with Crippen molar-refractivity contribution in [1.82, 2.24) is 4.57 Å². The van der Waals surface area contributed by atoms with Crippen LogP contribution in [0, 0.1) is 6.92 Å². The Morgan fingerprint density at radius 2 is 2.00 bits per heavy atom.